The first-order valence-corrected chi connectivity index (χ1v) is 7.86. The molecule has 0 aliphatic heterocycles. The van der Waals surface area contributed by atoms with Crippen molar-refractivity contribution in [1.29, 1.82) is 0 Å². The van der Waals surface area contributed by atoms with Crippen molar-refractivity contribution in [3.63, 3.8) is 0 Å². The van der Waals surface area contributed by atoms with Gasteiger partial charge in [-0.15, -0.1) is 11.3 Å². The number of carbonyl (C=O) groups is 1. The molecule has 0 aliphatic rings. The van der Waals surface area contributed by atoms with Crippen molar-refractivity contribution in [2.24, 2.45) is 0 Å². The molecule has 2 aromatic rings. The van der Waals surface area contributed by atoms with Crippen molar-refractivity contribution in [3.8, 4) is 5.75 Å². The Morgan fingerprint density at radius 3 is 2.73 bits per heavy atom. The fourth-order valence-corrected chi connectivity index (χ4v) is 2.77. The van der Waals surface area contributed by atoms with Gasteiger partial charge in [0.05, 0.1) is 35.6 Å². The van der Waals surface area contributed by atoms with E-state index in [2.05, 4.69) is 31.1 Å². The number of nitrogens with zero attached hydrogens (tertiary/aromatic N) is 1. The number of aromatic nitrogens is 1. The van der Waals surface area contributed by atoms with Gasteiger partial charge in [0.2, 0.25) is 5.91 Å². The van der Waals surface area contributed by atoms with E-state index in [-0.39, 0.29) is 17.7 Å². The summed E-state index contributed by atoms with van der Waals surface area (Å²) in [4.78, 5) is 16.7. The summed E-state index contributed by atoms with van der Waals surface area (Å²) in [6.45, 7) is 6.31. The summed E-state index contributed by atoms with van der Waals surface area (Å²) in [7, 11) is 1.57. The van der Waals surface area contributed by atoms with Gasteiger partial charge in [-0.05, 0) is 12.1 Å². The third-order valence-corrected chi connectivity index (χ3v) is 4.39. The molecule has 3 N–H and O–H groups in total. The van der Waals surface area contributed by atoms with Gasteiger partial charge in [-0.2, -0.15) is 0 Å². The van der Waals surface area contributed by atoms with Crippen LogP contribution < -0.4 is 15.8 Å². The van der Waals surface area contributed by atoms with Crippen LogP contribution in [0.25, 0.3) is 0 Å². The maximum atomic E-state index is 12.1. The van der Waals surface area contributed by atoms with Crippen molar-refractivity contribution in [2.75, 3.05) is 18.2 Å². The van der Waals surface area contributed by atoms with Gasteiger partial charge in [0, 0.05) is 16.9 Å². The van der Waals surface area contributed by atoms with E-state index in [4.69, 9.17) is 10.5 Å². The molecular weight excluding hydrogens is 298 g/mol. The first-order valence-electron chi connectivity index (χ1n) is 6.98. The average Bonchev–Trinajstić information content (AvgIpc) is 2.89. The predicted octanol–water partition coefficient (Wildman–Crippen LogP) is 3.21. The minimum Gasteiger partial charge on any atom is -0.497 e. The first kappa shape index (κ1) is 16.3. The number of amides is 1. The number of hydrogen-bond acceptors (Lipinski definition) is 5. The Hall–Kier alpha value is -2.08. The van der Waals surface area contributed by atoms with Gasteiger partial charge in [0.25, 0.3) is 0 Å². The molecule has 0 radical (unpaired) electrons. The van der Waals surface area contributed by atoms with Crippen LogP contribution in [0.15, 0.2) is 23.6 Å². The lowest BCUT2D eigenvalue weighted by Gasteiger charge is -2.13. The van der Waals surface area contributed by atoms with Crippen LogP contribution in [-0.4, -0.2) is 18.0 Å². The molecule has 2 rings (SSSR count). The van der Waals surface area contributed by atoms with Crippen LogP contribution in [0, 0.1) is 0 Å². The zero-order valence-corrected chi connectivity index (χ0v) is 14.1. The van der Waals surface area contributed by atoms with E-state index < -0.39 is 0 Å². The number of ether oxygens (including phenoxy) is 1. The molecule has 5 nitrogen and oxygen atoms in total. The van der Waals surface area contributed by atoms with Crippen molar-refractivity contribution in [2.45, 2.75) is 32.6 Å². The molecule has 0 spiro atoms. The fourth-order valence-electron chi connectivity index (χ4n) is 1.86. The molecular formula is C16H21N3O2S. The van der Waals surface area contributed by atoms with Crippen molar-refractivity contribution >= 4 is 28.6 Å². The van der Waals surface area contributed by atoms with Gasteiger partial charge >= 0.3 is 0 Å². The highest BCUT2D eigenvalue weighted by Crippen LogP contribution is 2.27. The maximum absolute atomic E-state index is 12.1. The van der Waals surface area contributed by atoms with E-state index in [1.807, 2.05) is 5.38 Å². The molecule has 1 aromatic carbocycles. The zero-order valence-electron chi connectivity index (χ0n) is 13.3. The monoisotopic (exact) mass is 319 g/mol. The lowest BCUT2D eigenvalue weighted by Crippen LogP contribution is -2.16. The van der Waals surface area contributed by atoms with Crippen LogP contribution in [0.2, 0.25) is 0 Å². The Morgan fingerprint density at radius 2 is 2.14 bits per heavy atom. The summed E-state index contributed by atoms with van der Waals surface area (Å²) in [5.41, 5.74) is 7.69. The number of nitrogens with one attached hydrogen (secondary N) is 1. The number of nitrogens with two attached hydrogens (primary N) is 1. The molecule has 22 heavy (non-hydrogen) atoms. The second-order valence-corrected chi connectivity index (χ2v) is 6.93. The highest BCUT2D eigenvalue weighted by atomic mass is 32.1. The summed E-state index contributed by atoms with van der Waals surface area (Å²) in [6.07, 6.45) is 0.225. The quantitative estimate of drug-likeness (QED) is 0.848. The van der Waals surface area contributed by atoms with Gasteiger partial charge in [0.15, 0.2) is 0 Å². The Morgan fingerprint density at radius 1 is 1.41 bits per heavy atom. The fraction of sp³-hybridized carbons (Fsp3) is 0.375. The molecule has 0 saturated carbocycles. The molecule has 1 amide bonds. The van der Waals surface area contributed by atoms with E-state index in [1.165, 1.54) is 0 Å². The van der Waals surface area contributed by atoms with Gasteiger partial charge in [0.1, 0.15) is 5.75 Å². The van der Waals surface area contributed by atoms with Gasteiger partial charge in [-0.1, -0.05) is 20.8 Å². The van der Waals surface area contributed by atoms with Crippen LogP contribution in [0.3, 0.4) is 0 Å². The van der Waals surface area contributed by atoms with Crippen LogP contribution >= 0.6 is 11.3 Å². The van der Waals surface area contributed by atoms with E-state index in [9.17, 15) is 4.79 Å². The van der Waals surface area contributed by atoms with Crippen LogP contribution in [0.1, 0.15) is 31.5 Å². The number of benzene rings is 1. The summed E-state index contributed by atoms with van der Waals surface area (Å²) in [5, 5.41) is 5.75. The molecule has 118 valence electrons. The summed E-state index contributed by atoms with van der Waals surface area (Å²) in [6, 6.07) is 5.16. The summed E-state index contributed by atoms with van der Waals surface area (Å²) < 4.78 is 5.13. The Bertz CT molecular complexity index is 674. The molecule has 0 fully saturated rings. The molecule has 0 unspecified atom stereocenters. The summed E-state index contributed by atoms with van der Waals surface area (Å²) >= 11 is 1.58. The van der Waals surface area contributed by atoms with Gasteiger partial charge in [-0.3, -0.25) is 4.79 Å². The summed E-state index contributed by atoms with van der Waals surface area (Å²) in [5.74, 6) is 0.499. The third kappa shape index (κ3) is 3.98. The highest BCUT2D eigenvalue weighted by Gasteiger charge is 2.19. The van der Waals surface area contributed by atoms with Crippen molar-refractivity contribution in [1.82, 2.24) is 4.98 Å². The van der Waals surface area contributed by atoms with E-state index in [0.29, 0.717) is 17.1 Å². The molecule has 0 aliphatic carbocycles. The number of thiazole rings is 1. The molecule has 6 heteroatoms. The minimum absolute atomic E-state index is 0.00336. The Balaban J connectivity index is 2.06. The normalized spacial score (nSPS) is 11.3. The van der Waals surface area contributed by atoms with E-state index in [1.54, 1.807) is 36.6 Å². The second-order valence-electron chi connectivity index (χ2n) is 6.07. The van der Waals surface area contributed by atoms with Crippen LogP contribution in [0.4, 0.5) is 11.4 Å². The smallest absolute Gasteiger partial charge is 0.230 e. The molecule has 1 aromatic heterocycles. The number of methoxy groups -OCH3 is 1. The van der Waals surface area contributed by atoms with Crippen LogP contribution in [-0.2, 0) is 16.6 Å². The van der Waals surface area contributed by atoms with Gasteiger partial charge in [-0.25, -0.2) is 4.98 Å². The number of nitrogen functional groups attached to an aromatic ring is 1. The first-order chi connectivity index (χ1) is 10.3. The number of carbonyl (C=O) groups excluding carboxylic acids is 1. The molecule has 0 bridgehead atoms. The van der Waals surface area contributed by atoms with E-state index >= 15 is 0 Å². The predicted molar refractivity (Wildman–Crippen MR) is 90.6 cm³/mol. The number of rotatable bonds is 4. The largest absolute Gasteiger partial charge is 0.497 e. The standard InChI is InChI=1S/C16H21N3O2S/c1-16(2,3)15-18-10(9-22-15)7-14(20)19-13-8-11(21-4)5-6-12(13)17/h5-6,8-9H,7,17H2,1-4H3,(H,19,20). The Labute approximate surface area is 134 Å². The minimum atomic E-state index is -0.147. The lowest BCUT2D eigenvalue weighted by atomic mass is 9.98. The molecule has 0 atom stereocenters. The maximum Gasteiger partial charge on any atom is 0.230 e. The molecule has 0 saturated heterocycles. The third-order valence-electron chi connectivity index (χ3n) is 3.07. The number of hydrogen-bond donors (Lipinski definition) is 2. The number of anilines is 2. The average molecular weight is 319 g/mol. The SMILES string of the molecule is COc1ccc(N)c(NC(=O)Cc2csc(C(C)(C)C)n2)c1. The van der Waals surface area contributed by atoms with Gasteiger partial charge < -0.3 is 15.8 Å². The van der Waals surface area contributed by atoms with Crippen molar-refractivity contribution in [3.05, 3.63) is 34.3 Å². The molecule has 1 heterocycles. The second kappa shape index (κ2) is 6.36. The highest BCUT2D eigenvalue weighted by molar-refractivity contribution is 7.09. The van der Waals surface area contributed by atoms with Crippen molar-refractivity contribution < 1.29 is 9.53 Å². The lowest BCUT2D eigenvalue weighted by molar-refractivity contribution is -0.115. The van der Waals surface area contributed by atoms with E-state index in [0.717, 1.165) is 10.7 Å². The Kier molecular flexibility index (Phi) is 4.71. The van der Waals surface area contributed by atoms with Crippen LogP contribution in [0.5, 0.6) is 5.75 Å². The zero-order chi connectivity index (χ0) is 16.3. The topological polar surface area (TPSA) is 77.2 Å².